The van der Waals surface area contributed by atoms with Gasteiger partial charge in [-0.2, -0.15) is 5.10 Å². The van der Waals surface area contributed by atoms with Crippen LogP contribution in [-0.2, 0) is 16.8 Å². The monoisotopic (exact) mass is 315 g/mol. The average molecular weight is 315 g/mol. The Bertz CT molecular complexity index is 654. The summed E-state index contributed by atoms with van der Waals surface area (Å²) in [5, 5.41) is 17.0. The summed E-state index contributed by atoms with van der Waals surface area (Å²) >= 11 is 0. The van der Waals surface area contributed by atoms with E-state index in [1.165, 1.54) is 5.56 Å². The first kappa shape index (κ1) is 17.2. The third kappa shape index (κ3) is 4.93. The van der Waals surface area contributed by atoms with Crippen molar-refractivity contribution in [1.29, 1.82) is 0 Å². The number of aromatic nitrogens is 2. The van der Waals surface area contributed by atoms with Crippen LogP contribution in [0.3, 0.4) is 0 Å². The quantitative estimate of drug-likeness (QED) is 0.890. The first-order valence-corrected chi connectivity index (χ1v) is 7.80. The molecule has 0 fully saturated rings. The number of amides is 1. The van der Waals surface area contributed by atoms with Crippen molar-refractivity contribution >= 4 is 5.91 Å². The van der Waals surface area contributed by atoms with Crippen LogP contribution >= 0.6 is 0 Å². The molecular weight excluding hydrogens is 290 g/mol. The number of nitrogens with zero attached hydrogens (tertiary/aromatic N) is 2. The van der Waals surface area contributed by atoms with E-state index in [4.69, 9.17) is 0 Å². The van der Waals surface area contributed by atoms with Crippen molar-refractivity contribution < 1.29 is 9.90 Å². The van der Waals surface area contributed by atoms with Gasteiger partial charge in [-0.05, 0) is 29.0 Å². The molecule has 2 aromatic rings. The number of hydrogen-bond donors (Lipinski definition) is 2. The molecule has 0 spiro atoms. The fourth-order valence-electron chi connectivity index (χ4n) is 2.29. The second-order valence-corrected chi connectivity index (χ2v) is 6.91. The average Bonchev–Trinajstić information content (AvgIpc) is 2.89. The predicted molar refractivity (Wildman–Crippen MR) is 90.1 cm³/mol. The van der Waals surface area contributed by atoms with Gasteiger partial charge < -0.3 is 10.4 Å². The van der Waals surface area contributed by atoms with Gasteiger partial charge in [-0.15, -0.1) is 0 Å². The van der Waals surface area contributed by atoms with E-state index in [9.17, 15) is 9.90 Å². The number of aliphatic hydroxyl groups excluding tert-OH is 1. The van der Waals surface area contributed by atoms with Gasteiger partial charge in [-0.25, -0.2) is 0 Å². The first-order valence-electron chi connectivity index (χ1n) is 7.80. The minimum absolute atomic E-state index is 0.0829. The molecule has 2 N–H and O–H groups in total. The van der Waals surface area contributed by atoms with Crippen LogP contribution in [-0.4, -0.2) is 27.3 Å². The summed E-state index contributed by atoms with van der Waals surface area (Å²) < 4.78 is 1.58. The highest BCUT2D eigenvalue weighted by molar-refractivity contribution is 5.75. The minimum Gasteiger partial charge on any atom is -0.387 e. The topological polar surface area (TPSA) is 67.2 Å². The molecule has 124 valence electrons. The standard InChI is InChI=1S/C18H25N3O2/c1-13-9-20-21(11-13)12-17(23)19-10-16(22)14-5-7-15(8-6-14)18(2,3)4/h5-9,11,16,22H,10,12H2,1-4H3,(H,19,23)/t16-/m0/s1. The number of benzene rings is 1. The van der Waals surface area contributed by atoms with Crippen molar-refractivity contribution in [2.45, 2.75) is 45.8 Å². The van der Waals surface area contributed by atoms with Crippen LogP contribution in [0.4, 0.5) is 0 Å². The number of rotatable bonds is 5. The Hall–Kier alpha value is -2.14. The molecule has 1 heterocycles. The molecule has 23 heavy (non-hydrogen) atoms. The third-order valence-electron chi connectivity index (χ3n) is 3.72. The summed E-state index contributed by atoms with van der Waals surface area (Å²) in [6.07, 6.45) is 2.80. The fourth-order valence-corrected chi connectivity index (χ4v) is 2.29. The Morgan fingerprint density at radius 3 is 2.48 bits per heavy atom. The van der Waals surface area contributed by atoms with Gasteiger partial charge in [0.1, 0.15) is 6.54 Å². The number of carbonyl (C=O) groups is 1. The largest absolute Gasteiger partial charge is 0.387 e. The molecule has 0 aliphatic rings. The molecule has 5 nitrogen and oxygen atoms in total. The van der Waals surface area contributed by atoms with Gasteiger partial charge in [0.05, 0.1) is 12.3 Å². The van der Waals surface area contributed by atoms with Gasteiger partial charge in [0.15, 0.2) is 0 Å². The highest BCUT2D eigenvalue weighted by Gasteiger charge is 2.15. The van der Waals surface area contributed by atoms with Crippen LogP contribution in [0.25, 0.3) is 0 Å². The lowest BCUT2D eigenvalue weighted by Crippen LogP contribution is -2.31. The number of nitrogens with one attached hydrogen (secondary N) is 1. The fraction of sp³-hybridized carbons (Fsp3) is 0.444. The lowest BCUT2D eigenvalue weighted by molar-refractivity contribution is -0.122. The Morgan fingerprint density at radius 2 is 1.96 bits per heavy atom. The maximum Gasteiger partial charge on any atom is 0.241 e. The van der Waals surface area contributed by atoms with Crippen molar-refractivity contribution in [3.05, 3.63) is 53.3 Å². The summed E-state index contributed by atoms with van der Waals surface area (Å²) in [5.74, 6) is -0.168. The molecule has 0 aliphatic carbocycles. The molecule has 0 saturated carbocycles. The molecular formula is C18H25N3O2. The highest BCUT2D eigenvalue weighted by Crippen LogP contribution is 2.23. The van der Waals surface area contributed by atoms with Crippen LogP contribution in [0, 0.1) is 6.92 Å². The summed E-state index contributed by atoms with van der Waals surface area (Å²) in [6.45, 7) is 8.71. The second-order valence-electron chi connectivity index (χ2n) is 6.91. The van der Waals surface area contributed by atoms with E-state index >= 15 is 0 Å². The van der Waals surface area contributed by atoms with E-state index in [1.54, 1.807) is 17.1 Å². The van der Waals surface area contributed by atoms with Gasteiger partial charge >= 0.3 is 0 Å². The summed E-state index contributed by atoms with van der Waals surface area (Å²) in [5.41, 5.74) is 3.11. The Morgan fingerprint density at radius 1 is 1.30 bits per heavy atom. The SMILES string of the molecule is Cc1cnn(CC(=O)NC[C@H](O)c2ccc(C(C)(C)C)cc2)c1. The summed E-state index contributed by atoms with van der Waals surface area (Å²) in [7, 11) is 0. The van der Waals surface area contributed by atoms with E-state index in [-0.39, 0.29) is 24.4 Å². The minimum atomic E-state index is -0.715. The summed E-state index contributed by atoms with van der Waals surface area (Å²) in [6, 6.07) is 7.86. The smallest absolute Gasteiger partial charge is 0.241 e. The molecule has 1 aromatic carbocycles. The molecule has 1 amide bonds. The van der Waals surface area contributed by atoms with Gasteiger partial charge in [0.25, 0.3) is 0 Å². The van der Waals surface area contributed by atoms with Crippen LogP contribution in [0.2, 0.25) is 0 Å². The molecule has 0 radical (unpaired) electrons. The van der Waals surface area contributed by atoms with E-state index < -0.39 is 6.10 Å². The molecule has 0 unspecified atom stereocenters. The summed E-state index contributed by atoms with van der Waals surface area (Å²) in [4.78, 5) is 11.9. The zero-order valence-corrected chi connectivity index (χ0v) is 14.2. The van der Waals surface area contributed by atoms with Crippen molar-refractivity contribution in [3.8, 4) is 0 Å². The lowest BCUT2D eigenvalue weighted by Gasteiger charge is -2.20. The predicted octanol–water partition coefficient (Wildman–Crippen LogP) is 2.34. The number of aliphatic hydroxyl groups is 1. The molecule has 0 bridgehead atoms. The number of hydrogen-bond acceptors (Lipinski definition) is 3. The molecule has 5 heteroatoms. The van der Waals surface area contributed by atoms with Crippen molar-refractivity contribution in [2.24, 2.45) is 0 Å². The molecule has 1 atom stereocenters. The normalized spacial score (nSPS) is 12.9. The van der Waals surface area contributed by atoms with E-state index in [1.807, 2.05) is 31.2 Å². The van der Waals surface area contributed by atoms with Crippen LogP contribution in [0.5, 0.6) is 0 Å². The van der Waals surface area contributed by atoms with Gasteiger partial charge in [-0.1, -0.05) is 45.0 Å². The van der Waals surface area contributed by atoms with E-state index in [2.05, 4.69) is 31.2 Å². The van der Waals surface area contributed by atoms with Crippen molar-refractivity contribution in [3.63, 3.8) is 0 Å². The van der Waals surface area contributed by atoms with Gasteiger partial charge in [0, 0.05) is 12.7 Å². The van der Waals surface area contributed by atoms with Crippen molar-refractivity contribution in [2.75, 3.05) is 6.54 Å². The van der Waals surface area contributed by atoms with E-state index in [0.717, 1.165) is 11.1 Å². The van der Waals surface area contributed by atoms with Crippen LogP contribution in [0.15, 0.2) is 36.7 Å². The van der Waals surface area contributed by atoms with E-state index in [0.29, 0.717) is 0 Å². The number of carbonyl (C=O) groups excluding carboxylic acids is 1. The molecule has 0 saturated heterocycles. The lowest BCUT2D eigenvalue weighted by atomic mass is 9.86. The second kappa shape index (κ2) is 6.96. The van der Waals surface area contributed by atoms with Crippen molar-refractivity contribution in [1.82, 2.24) is 15.1 Å². The molecule has 1 aromatic heterocycles. The van der Waals surface area contributed by atoms with Gasteiger partial charge in [-0.3, -0.25) is 9.48 Å². The maximum atomic E-state index is 11.9. The first-order chi connectivity index (χ1) is 10.8. The zero-order chi connectivity index (χ0) is 17.0. The zero-order valence-electron chi connectivity index (χ0n) is 14.2. The molecule has 2 rings (SSSR count). The number of aryl methyl sites for hydroxylation is 1. The van der Waals surface area contributed by atoms with Crippen LogP contribution in [0.1, 0.15) is 43.6 Å². The third-order valence-corrected chi connectivity index (χ3v) is 3.72. The van der Waals surface area contributed by atoms with Gasteiger partial charge in [0.2, 0.25) is 5.91 Å². The Balaban J connectivity index is 1.86. The maximum absolute atomic E-state index is 11.9. The Labute approximate surface area is 137 Å². The Kier molecular flexibility index (Phi) is 5.21. The molecule has 0 aliphatic heterocycles. The highest BCUT2D eigenvalue weighted by atomic mass is 16.3. The van der Waals surface area contributed by atoms with Crippen LogP contribution < -0.4 is 5.32 Å².